The van der Waals surface area contributed by atoms with Crippen molar-refractivity contribution in [2.24, 2.45) is 29.2 Å². The number of ether oxygens (including phenoxy) is 4. The van der Waals surface area contributed by atoms with Gasteiger partial charge in [0.15, 0.2) is 0 Å². The molecule has 2 aromatic carbocycles. The van der Waals surface area contributed by atoms with E-state index in [2.05, 4.69) is 19.7 Å². The predicted octanol–water partition coefficient (Wildman–Crippen LogP) is 6.70. The molecule has 1 aliphatic carbocycles. The van der Waals surface area contributed by atoms with Crippen LogP contribution in [0.5, 0.6) is 11.6 Å². The Morgan fingerprint density at radius 3 is 2.61 bits per heavy atom. The van der Waals surface area contributed by atoms with Gasteiger partial charge >= 0.3 is 6.61 Å². The molecule has 2 bridgehead atoms. The van der Waals surface area contributed by atoms with E-state index in [1.807, 2.05) is 18.2 Å². The smallest absolute Gasteiger partial charge is 0.345 e. The van der Waals surface area contributed by atoms with Gasteiger partial charge in [0.25, 0.3) is 11.8 Å². The van der Waals surface area contributed by atoms with Gasteiger partial charge in [0, 0.05) is 44.0 Å². The van der Waals surface area contributed by atoms with Gasteiger partial charge in [0.1, 0.15) is 11.3 Å². The monoisotopic (exact) mass is 788 g/mol. The summed E-state index contributed by atoms with van der Waals surface area (Å²) in [6.07, 6.45) is 6.98. The van der Waals surface area contributed by atoms with Gasteiger partial charge in [0.2, 0.25) is 5.88 Å². The van der Waals surface area contributed by atoms with Crippen molar-refractivity contribution in [2.45, 2.75) is 69.8 Å². The Hall–Kier alpha value is -4.05. The van der Waals surface area contributed by atoms with E-state index in [9.17, 15) is 22.6 Å². The van der Waals surface area contributed by atoms with E-state index < -0.39 is 52.5 Å². The number of amides is 2. The fraction of sp³-hybridized carbons (Fsp3) is 0.500. The number of fused-ring (bicyclic) bond motifs is 3. The predicted molar refractivity (Wildman–Crippen MR) is 199 cm³/mol. The number of nitrogens with zero attached hydrogens (tertiary/aromatic N) is 4. The van der Waals surface area contributed by atoms with E-state index in [1.54, 1.807) is 38.4 Å². The van der Waals surface area contributed by atoms with Crippen LogP contribution in [0, 0.1) is 17.8 Å². The number of rotatable bonds is 6. The lowest BCUT2D eigenvalue weighted by molar-refractivity contribution is -0.161. The summed E-state index contributed by atoms with van der Waals surface area (Å²) in [6.45, 7) is -0.167. The lowest BCUT2D eigenvalue weighted by atomic mass is 9.70. The molecule has 1 fully saturated rings. The maximum Gasteiger partial charge on any atom is 0.345 e. The van der Waals surface area contributed by atoms with Crippen LogP contribution in [0.4, 0.5) is 14.5 Å². The van der Waals surface area contributed by atoms with Crippen molar-refractivity contribution in [1.82, 2.24) is 15.1 Å². The summed E-state index contributed by atoms with van der Waals surface area (Å²) in [4.78, 5) is 29.7. The minimum atomic E-state index is -3.20. The fourth-order valence-electron chi connectivity index (χ4n) is 7.38. The summed E-state index contributed by atoms with van der Waals surface area (Å²) in [6, 6.07) is 10.9. The third-order valence-electron chi connectivity index (χ3n) is 10.4. The minimum absolute atomic E-state index is 0.00611. The first-order valence-corrected chi connectivity index (χ1v) is 19.5. The highest BCUT2D eigenvalue weighted by Crippen LogP contribution is 2.42. The largest absolute Gasteiger partial charge is 0.491 e. The highest BCUT2D eigenvalue weighted by molar-refractivity contribution is 7.75. The summed E-state index contributed by atoms with van der Waals surface area (Å²) in [5, 5.41) is 5.93. The third-order valence-corrected chi connectivity index (χ3v) is 12.0. The second kappa shape index (κ2) is 17.6. The van der Waals surface area contributed by atoms with Crippen LogP contribution in [0.3, 0.4) is 0 Å². The Labute approximate surface area is 320 Å². The van der Waals surface area contributed by atoms with E-state index in [4.69, 9.17) is 30.5 Å². The lowest BCUT2D eigenvalue weighted by Gasteiger charge is -2.44. The van der Waals surface area contributed by atoms with Crippen LogP contribution in [-0.2, 0) is 44.3 Å². The number of aryl methyl sites for hydroxylation is 2. The number of nitrogens with one attached hydrogen (secondary N) is 1. The standard InChI is InChI=1S/C38H45ClF2N5O7S/c1-22-31(53-38(40)41)14-15-32(50-3)28-12-9-26(28)20-46-19-25-8-11-27(39)17-23(25)7-5-6-16-52-33-13-10-24(18-30(33)46)34(47)44-54(49)37(22)42-35(48)29-21-45(2)43-36(29)51-4/h8,10-11,13-15,17-18,21-22,26,28,31-32,37-38H,5-7,9,12,16,19-20H2,1-4H3,(H,42,48)/q-1/b15-14+/t22-,26-,28+,31-,32-,37?/m0/s1. The fourth-order valence-corrected chi connectivity index (χ4v) is 8.69. The van der Waals surface area contributed by atoms with Gasteiger partial charge in [-0.25, -0.2) is 0 Å². The highest BCUT2D eigenvalue weighted by Gasteiger charge is 2.38. The first-order valence-electron chi connectivity index (χ1n) is 17.9. The summed E-state index contributed by atoms with van der Waals surface area (Å²) >= 11 is 6.44. The van der Waals surface area contributed by atoms with Gasteiger partial charge in [-0.2, -0.15) is 19.4 Å². The Balaban J connectivity index is 1.47. The van der Waals surface area contributed by atoms with Crippen molar-refractivity contribution in [3.05, 3.63) is 82.0 Å². The van der Waals surface area contributed by atoms with Gasteiger partial charge in [-0.3, -0.25) is 14.3 Å². The molecule has 1 saturated carbocycles. The minimum Gasteiger partial charge on any atom is -0.491 e. The van der Waals surface area contributed by atoms with Gasteiger partial charge in [-0.15, -0.1) is 5.10 Å². The molecule has 1 aromatic heterocycles. The summed E-state index contributed by atoms with van der Waals surface area (Å²) < 4.78 is 69.9. The number of aromatic nitrogens is 2. The molecule has 292 valence electrons. The normalized spacial score (nSPS) is 25.9. The molecule has 12 nitrogen and oxygen atoms in total. The van der Waals surface area contributed by atoms with Crippen LogP contribution in [0.1, 0.15) is 64.4 Å². The molecular formula is C38H45ClF2N5O7S-. The van der Waals surface area contributed by atoms with Crippen LogP contribution in [-0.4, -0.2) is 73.2 Å². The number of carbonyl (C=O) groups is 2. The number of methoxy groups -OCH3 is 2. The lowest BCUT2D eigenvalue weighted by Crippen LogP contribution is -2.45. The molecule has 3 aliphatic rings. The molecule has 2 aliphatic heterocycles. The molecule has 0 radical (unpaired) electrons. The van der Waals surface area contributed by atoms with E-state index >= 15 is 0 Å². The number of anilines is 1. The number of hydrogen-bond acceptors (Lipinski definition) is 10. The zero-order valence-electron chi connectivity index (χ0n) is 30.6. The first kappa shape index (κ1) is 39.6. The van der Waals surface area contributed by atoms with Gasteiger partial charge in [-0.05, 0) is 96.7 Å². The average molecular weight is 789 g/mol. The van der Waals surface area contributed by atoms with E-state index in [1.165, 1.54) is 31.0 Å². The van der Waals surface area contributed by atoms with Crippen LogP contribution < -0.4 is 19.7 Å². The molecule has 3 heterocycles. The number of benzene rings is 2. The van der Waals surface area contributed by atoms with Crippen molar-refractivity contribution in [2.75, 3.05) is 32.3 Å². The van der Waals surface area contributed by atoms with Crippen LogP contribution in [0.25, 0.3) is 0 Å². The maximum atomic E-state index is 14.1. The quantitative estimate of drug-likeness (QED) is 0.214. The summed E-state index contributed by atoms with van der Waals surface area (Å²) in [5.41, 5.74) is 3.05. The molecular weight excluding hydrogens is 744 g/mol. The average Bonchev–Trinajstić information content (AvgIpc) is 3.51. The maximum absolute atomic E-state index is 14.1. The number of carbonyl (C=O) groups excluding carboxylic acids is 2. The van der Waals surface area contributed by atoms with Crippen molar-refractivity contribution in [3.63, 3.8) is 0 Å². The van der Waals surface area contributed by atoms with E-state index in [0.717, 1.165) is 43.2 Å². The van der Waals surface area contributed by atoms with Gasteiger partial charge < -0.3 is 37.7 Å². The van der Waals surface area contributed by atoms with Crippen molar-refractivity contribution in [1.29, 1.82) is 0 Å². The zero-order chi connectivity index (χ0) is 38.5. The SMILES string of the molecule is COc1nn(C)cc1C(=O)NC1[C@@H](C)[C@@H](OC(F)F)/C=C/[C@H](OC)[C@@H]2CC[C@H]2CN2Cc3ccc(Cl)cc3CCCCOc3ccc(cc32)C(=O)N=[S-]1=O. The second-order valence-corrected chi connectivity index (χ2v) is 15.6. The van der Waals surface area contributed by atoms with Crippen molar-refractivity contribution < 1.29 is 41.5 Å². The van der Waals surface area contributed by atoms with Crippen LogP contribution in [0.2, 0.25) is 5.02 Å². The van der Waals surface area contributed by atoms with Gasteiger partial charge in [0.05, 0.1) is 31.6 Å². The third kappa shape index (κ3) is 9.07. The first-order chi connectivity index (χ1) is 25.9. The van der Waals surface area contributed by atoms with Crippen LogP contribution >= 0.6 is 11.6 Å². The molecule has 6 atom stereocenters. The zero-order valence-corrected chi connectivity index (χ0v) is 32.2. The van der Waals surface area contributed by atoms with Crippen molar-refractivity contribution >= 4 is 39.7 Å². The molecule has 6 rings (SSSR count). The Bertz CT molecular complexity index is 1950. The molecule has 0 spiro atoms. The van der Waals surface area contributed by atoms with Crippen molar-refractivity contribution in [3.8, 4) is 11.6 Å². The van der Waals surface area contributed by atoms with E-state index in [-0.39, 0.29) is 28.8 Å². The molecule has 16 heteroatoms. The van der Waals surface area contributed by atoms with E-state index in [0.29, 0.717) is 36.2 Å². The number of hydrogen-bond donors (Lipinski definition) is 1. The van der Waals surface area contributed by atoms with Gasteiger partial charge in [-0.1, -0.05) is 36.7 Å². The topological polar surface area (TPSA) is 134 Å². The molecule has 54 heavy (non-hydrogen) atoms. The Morgan fingerprint density at radius 1 is 1.09 bits per heavy atom. The molecule has 1 unspecified atom stereocenters. The second-order valence-electron chi connectivity index (χ2n) is 13.9. The molecule has 0 saturated heterocycles. The van der Waals surface area contributed by atoms with Crippen LogP contribution in [0.15, 0.2) is 59.1 Å². The highest BCUT2D eigenvalue weighted by atomic mass is 35.5. The molecule has 1 N–H and O–H groups in total. The number of alkyl halides is 2. The Morgan fingerprint density at radius 2 is 1.89 bits per heavy atom. The molecule has 3 aromatic rings. The Kier molecular flexibility index (Phi) is 12.9. The summed E-state index contributed by atoms with van der Waals surface area (Å²) in [7, 11) is 2.01. The summed E-state index contributed by atoms with van der Waals surface area (Å²) in [5.74, 6) is -1.91. The number of halogens is 3. The molecule has 2 amide bonds.